The third-order valence-electron chi connectivity index (χ3n) is 4.04. The van der Waals surface area contributed by atoms with E-state index in [0.29, 0.717) is 30.0 Å². The Balaban J connectivity index is 1.86. The summed E-state index contributed by atoms with van der Waals surface area (Å²) >= 11 is 0. The highest BCUT2D eigenvalue weighted by atomic mass is 19.1. The molecule has 23 heavy (non-hydrogen) atoms. The van der Waals surface area contributed by atoms with Crippen LogP contribution in [0.25, 0.3) is 11.3 Å². The fourth-order valence-electron chi connectivity index (χ4n) is 2.60. The third kappa shape index (κ3) is 2.69. The van der Waals surface area contributed by atoms with E-state index >= 15 is 0 Å². The number of rotatable bonds is 2. The molecule has 1 aromatic heterocycles. The van der Waals surface area contributed by atoms with Crippen molar-refractivity contribution in [2.45, 2.75) is 19.4 Å². The van der Waals surface area contributed by atoms with E-state index in [4.69, 9.17) is 0 Å². The summed E-state index contributed by atoms with van der Waals surface area (Å²) in [4.78, 5) is 26.2. The number of amides is 2. The van der Waals surface area contributed by atoms with Crippen molar-refractivity contribution in [3.8, 4) is 11.3 Å². The summed E-state index contributed by atoms with van der Waals surface area (Å²) in [5, 5.41) is 9.56. The highest BCUT2D eigenvalue weighted by Gasteiger charge is 2.41. The van der Waals surface area contributed by atoms with Gasteiger partial charge in [-0.05, 0) is 44.2 Å². The van der Waals surface area contributed by atoms with E-state index in [-0.39, 0.29) is 17.6 Å². The van der Waals surface area contributed by atoms with Gasteiger partial charge in [-0.1, -0.05) is 0 Å². The maximum absolute atomic E-state index is 13.0. The molecule has 0 atom stereocenters. The zero-order valence-electron chi connectivity index (χ0n) is 12.9. The standard InChI is InChI=1S/C16H17FN4O2/c1-16(2)15(23)18-7-8-21(16)14(22)13-9-12(19-20-13)10-3-5-11(17)6-4-10/h3-6,9H,7-8H2,1-2H3,(H,18,23)(H,19,20). The molecule has 2 heterocycles. The number of carbonyl (C=O) groups excluding carboxylic acids is 2. The van der Waals surface area contributed by atoms with Crippen LogP contribution in [0.4, 0.5) is 4.39 Å². The normalized spacial score (nSPS) is 17.0. The maximum atomic E-state index is 13.0. The van der Waals surface area contributed by atoms with Gasteiger partial charge in [-0.2, -0.15) is 5.10 Å². The van der Waals surface area contributed by atoms with E-state index in [1.54, 1.807) is 32.0 Å². The monoisotopic (exact) mass is 316 g/mol. The minimum Gasteiger partial charge on any atom is -0.352 e. The van der Waals surface area contributed by atoms with Crippen LogP contribution in [-0.4, -0.2) is 45.5 Å². The molecule has 1 aliphatic rings. The molecular formula is C16H17FN4O2. The summed E-state index contributed by atoms with van der Waals surface area (Å²) in [6.07, 6.45) is 0. The van der Waals surface area contributed by atoms with Crippen LogP contribution in [-0.2, 0) is 4.79 Å². The lowest BCUT2D eigenvalue weighted by molar-refractivity contribution is -0.133. The van der Waals surface area contributed by atoms with Crippen LogP contribution in [0.1, 0.15) is 24.3 Å². The first kappa shape index (κ1) is 15.2. The van der Waals surface area contributed by atoms with Gasteiger partial charge < -0.3 is 10.2 Å². The van der Waals surface area contributed by atoms with E-state index in [0.717, 1.165) is 0 Å². The number of carbonyl (C=O) groups is 2. The molecule has 2 N–H and O–H groups in total. The predicted molar refractivity (Wildman–Crippen MR) is 82.1 cm³/mol. The second-order valence-corrected chi connectivity index (χ2v) is 5.95. The molecule has 0 radical (unpaired) electrons. The molecule has 7 heteroatoms. The molecule has 2 aromatic rings. The molecule has 2 amide bonds. The minimum atomic E-state index is -0.920. The van der Waals surface area contributed by atoms with Gasteiger partial charge in [-0.25, -0.2) is 4.39 Å². The van der Waals surface area contributed by atoms with Crippen LogP contribution in [0.5, 0.6) is 0 Å². The average molecular weight is 316 g/mol. The average Bonchev–Trinajstić information content (AvgIpc) is 3.00. The molecule has 1 saturated heterocycles. The van der Waals surface area contributed by atoms with Crippen molar-refractivity contribution in [3.63, 3.8) is 0 Å². The SMILES string of the molecule is CC1(C)C(=O)NCCN1C(=O)c1cc(-c2ccc(F)cc2)n[nH]1. The number of hydrogen-bond donors (Lipinski definition) is 2. The number of nitrogens with one attached hydrogen (secondary N) is 2. The maximum Gasteiger partial charge on any atom is 0.272 e. The number of piperazine rings is 1. The van der Waals surface area contributed by atoms with Crippen molar-refractivity contribution in [3.05, 3.63) is 41.8 Å². The van der Waals surface area contributed by atoms with Gasteiger partial charge in [0.25, 0.3) is 5.91 Å². The van der Waals surface area contributed by atoms with Crippen molar-refractivity contribution >= 4 is 11.8 Å². The van der Waals surface area contributed by atoms with Crippen LogP contribution >= 0.6 is 0 Å². The Morgan fingerprint density at radius 2 is 2.00 bits per heavy atom. The molecule has 3 rings (SSSR count). The molecule has 1 aromatic carbocycles. The molecule has 0 aliphatic carbocycles. The van der Waals surface area contributed by atoms with Crippen molar-refractivity contribution in [2.24, 2.45) is 0 Å². The smallest absolute Gasteiger partial charge is 0.272 e. The Kier molecular flexibility index (Phi) is 3.63. The third-order valence-corrected chi connectivity index (χ3v) is 4.04. The molecule has 0 spiro atoms. The summed E-state index contributed by atoms with van der Waals surface area (Å²) in [5.74, 6) is -0.803. The molecule has 120 valence electrons. The van der Waals surface area contributed by atoms with Gasteiger partial charge in [0.15, 0.2) is 0 Å². The fraction of sp³-hybridized carbons (Fsp3) is 0.312. The van der Waals surface area contributed by atoms with Crippen LogP contribution in [0.15, 0.2) is 30.3 Å². The number of nitrogens with zero attached hydrogens (tertiary/aromatic N) is 2. The largest absolute Gasteiger partial charge is 0.352 e. The van der Waals surface area contributed by atoms with Gasteiger partial charge in [-0.3, -0.25) is 14.7 Å². The van der Waals surface area contributed by atoms with Gasteiger partial charge in [0.05, 0.1) is 5.69 Å². The Bertz CT molecular complexity index is 752. The van der Waals surface area contributed by atoms with Crippen molar-refractivity contribution in [1.29, 1.82) is 0 Å². The number of aromatic amines is 1. The molecule has 0 saturated carbocycles. The van der Waals surface area contributed by atoms with Crippen LogP contribution < -0.4 is 5.32 Å². The lowest BCUT2D eigenvalue weighted by atomic mass is 9.98. The Labute approximate surface area is 132 Å². The Morgan fingerprint density at radius 3 is 2.70 bits per heavy atom. The van der Waals surface area contributed by atoms with E-state index < -0.39 is 5.54 Å². The zero-order valence-corrected chi connectivity index (χ0v) is 12.9. The first-order chi connectivity index (χ1) is 10.9. The van der Waals surface area contributed by atoms with Gasteiger partial charge in [0.2, 0.25) is 5.91 Å². The molecule has 0 unspecified atom stereocenters. The molecule has 0 bridgehead atoms. The summed E-state index contributed by atoms with van der Waals surface area (Å²) in [6.45, 7) is 4.27. The first-order valence-corrected chi connectivity index (χ1v) is 7.31. The number of hydrogen-bond acceptors (Lipinski definition) is 3. The van der Waals surface area contributed by atoms with Gasteiger partial charge >= 0.3 is 0 Å². The van der Waals surface area contributed by atoms with Gasteiger partial charge in [0, 0.05) is 18.7 Å². The van der Waals surface area contributed by atoms with E-state index in [1.807, 2.05) is 0 Å². The first-order valence-electron chi connectivity index (χ1n) is 7.31. The Morgan fingerprint density at radius 1 is 1.30 bits per heavy atom. The highest BCUT2D eigenvalue weighted by Crippen LogP contribution is 2.23. The highest BCUT2D eigenvalue weighted by molar-refractivity contribution is 5.99. The number of benzene rings is 1. The minimum absolute atomic E-state index is 0.185. The zero-order chi connectivity index (χ0) is 16.6. The summed E-state index contributed by atoms with van der Waals surface area (Å²) in [5.41, 5.74) is 0.633. The summed E-state index contributed by atoms with van der Waals surface area (Å²) < 4.78 is 13.0. The summed E-state index contributed by atoms with van der Waals surface area (Å²) in [7, 11) is 0. The second-order valence-electron chi connectivity index (χ2n) is 5.95. The Hall–Kier alpha value is -2.70. The lowest BCUT2D eigenvalue weighted by Gasteiger charge is -2.40. The van der Waals surface area contributed by atoms with Crippen LogP contribution in [0.2, 0.25) is 0 Å². The second kappa shape index (κ2) is 5.49. The topological polar surface area (TPSA) is 78.1 Å². The van der Waals surface area contributed by atoms with Crippen molar-refractivity contribution in [1.82, 2.24) is 20.4 Å². The summed E-state index contributed by atoms with van der Waals surface area (Å²) in [6, 6.07) is 7.47. The predicted octanol–water partition coefficient (Wildman–Crippen LogP) is 1.57. The molecule has 1 fully saturated rings. The van der Waals surface area contributed by atoms with Crippen LogP contribution in [0, 0.1) is 5.82 Å². The number of halogens is 1. The van der Waals surface area contributed by atoms with Gasteiger partial charge in [0.1, 0.15) is 17.1 Å². The van der Waals surface area contributed by atoms with Crippen molar-refractivity contribution < 1.29 is 14.0 Å². The molecular weight excluding hydrogens is 299 g/mol. The molecule has 6 nitrogen and oxygen atoms in total. The van der Waals surface area contributed by atoms with E-state index in [1.165, 1.54) is 17.0 Å². The van der Waals surface area contributed by atoms with E-state index in [2.05, 4.69) is 15.5 Å². The lowest BCUT2D eigenvalue weighted by Crippen LogP contribution is -2.63. The molecule has 1 aliphatic heterocycles. The van der Waals surface area contributed by atoms with Crippen molar-refractivity contribution in [2.75, 3.05) is 13.1 Å². The quantitative estimate of drug-likeness (QED) is 0.883. The van der Waals surface area contributed by atoms with E-state index in [9.17, 15) is 14.0 Å². The number of aromatic nitrogens is 2. The number of H-pyrrole nitrogens is 1. The van der Waals surface area contributed by atoms with Gasteiger partial charge in [-0.15, -0.1) is 0 Å². The fourth-order valence-corrected chi connectivity index (χ4v) is 2.60. The van der Waals surface area contributed by atoms with Crippen LogP contribution in [0.3, 0.4) is 0 Å².